The lowest BCUT2D eigenvalue weighted by molar-refractivity contribution is 0.0712. The molecule has 1 atom stereocenters. The van der Waals surface area contributed by atoms with E-state index < -0.39 is 0 Å². The Kier molecular flexibility index (Phi) is 3.55. The first-order chi connectivity index (χ1) is 11.3. The summed E-state index contributed by atoms with van der Waals surface area (Å²) in [5.41, 5.74) is 2.54. The standard InChI is InChI=1S/C18H14N2O2S/c21-18(14-8-10-23-12-14)20-16(13-5-2-1-3-6-13)11-15(19-20)17-7-4-9-22-17/h1-10,12,16H,11H2. The van der Waals surface area contributed by atoms with Crippen molar-refractivity contribution in [3.05, 3.63) is 82.4 Å². The van der Waals surface area contributed by atoms with Gasteiger partial charge in [0.1, 0.15) is 11.5 Å². The van der Waals surface area contributed by atoms with E-state index in [-0.39, 0.29) is 11.9 Å². The summed E-state index contributed by atoms with van der Waals surface area (Å²) >= 11 is 1.51. The lowest BCUT2D eigenvalue weighted by Gasteiger charge is -2.21. The molecule has 1 aliphatic heterocycles. The van der Waals surface area contributed by atoms with Gasteiger partial charge in [0.2, 0.25) is 0 Å². The van der Waals surface area contributed by atoms with Gasteiger partial charge in [-0.1, -0.05) is 30.3 Å². The number of hydrogen-bond acceptors (Lipinski definition) is 4. The van der Waals surface area contributed by atoms with E-state index in [1.54, 1.807) is 11.3 Å². The average molecular weight is 322 g/mol. The molecule has 0 bridgehead atoms. The first-order valence-corrected chi connectivity index (χ1v) is 8.29. The van der Waals surface area contributed by atoms with Gasteiger partial charge >= 0.3 is 0 Å². The molecule has 0 saturated heterocycles. The highest BCUT2D eigenvalue weighted by atomic mass is 32.1. The summed E-state index contributed by atoms with van der Waals surface area (Å²) in [7, 11) is 0. The summed E-state index contributed by atoms with van der Waals surface area (Å²) in [6.07, 6.45) is 2.27. The molecule has 3 aromatic rings. The smallest absolute Gasteiger partial charge is 0.275 e. The minimum atomic E-state index is -0.108. The van der Waals surface area contributed by atoms with Gasteiger partial charge in [-0.2, -0.15) is 16.4 Å². The Labute approximate surface area is 137 Å². The largest absolute Gasteiger partial charge is 0.463 e. The van der Waals surface area contributed by atoms with E-state index in [1.807, 2.05) is 59.3 Å². The van der Waals surface area contributed by atoms with E-state index >= 15 is 0 Å². The molecule has 0 spiro atoms. The Bertz CT molecular complexity index is 823. The van der Waals surface area contributed by atoms with Gasteiger partial charge in [-0.05, 0) is 29.1 Å². The van der Waals surface area contributed by atoms with Gasteiger partial charge in [-0.15, -0.1) is 0 Å². The van der Waals surface area contributed by atoms with Gasteiger partial charge in [0.05, 0.1) is 17.9 Å². The molecule has 0 fully saturated rings. The predicted octanol–water partition coefficient (Wildman–Crippen LogP) is 4.33. The van der Waals surface area contributed by atoms with Gasteiger partial charge in [0.15, 0.2) is 0 Å². The van der Waals surface area contributed by atoms with E-state index in [1.165, 1.54) is 11.3 Å². The van der Waals surface area contributed by atoms with Gasteiger partial charge < -0.3 is 4.42 Å². The van der Waals surface area contributed by atoms with Crippen LogP contribution in [0.3, 0.4) is 0 Å². The van der Waals surface area contributed by atoms with Crippen LogP contribution >= 0.6 is 11.3 Å². The van der Waals surface area contributed by atoms with Crippen LogP contribution in [0, 0.1) is 0 Å². The quantitative estimate of drug-likeness (QED) is 0.720. The highest BCUT2D eigenvalue weighted by molar-refractivity contribution is 7.08. The number of hydrogen-bond donors (Lipinski definition) is 0. The molecule has 2 aromatic heterocycles. The monoisotopic (exact) mass is 322 g/mol. The average Bonchev–Trinajstić information content (AvgIpc) is 3.35. The van der Waals surface area contributed by atoms with Crippen molar-refractivity contribution in [1.82, 2.24) is 5.01 Å². The van der Waals surface area contributed by atoms with Gasteiger partial charge in [0, 0.05) is 11.8 Å². The Morgan fingerprint density at radius 1 is 1.17 bits per heavy atom. The van der Waals surface area contributed by atoms with Crippen LogP contribution < -0.4 is 0 Å². The van der Waals surface area contributed by atoms with E-state index in [0.29, 0.717) is 17.7 Å². The molecule has 23 heavy (non-hydrogen) atoms. The number of benzene rings is 1. The van der Waals surface area contributed by atoms with Crippen molar-refractivity contribution in [2.24, 2.45) is 5.10 Å². The maximum atomic E-state index is 12.8. The number of hydrazone groups is 1. The fraction of sp³-hybridized carbons (Fsp3) is 0.111. The van der Waals surface area contributed by atoms with Crippen molar-refractivity contribution >= 4 is 23.0 Å². The van der Waals surface area contributed by atoms with Crippen LogP contribution in [0.1, 0.15) is 34.1 Å². The number of thiophene rings is 1. The van der Waals surface area contributed by atoms with E-state index in [2.05, 4.69) is 5.10 Å². The number of carbonyl (C=O) groups excluding carboxylic acids is 1. The van der Waals surface area contributed by atoms with Crippen molar-refractivity contribution in [2.45, 2.75) is 12.5 Å². The van der Waals surface area contributed by atoms with Crippen LogP contribution in [-0.2, 0) is 0 Å². The van der Waals surface area contributed by atoms with Crippen LogP contribution in [0.15, 0.2) is 75.1 Å². The van der Waals surface area contributed by atoms with Crippen LogP contribution in [0.4, 0.5) is 0 Å². The Balaban J connectivity index is 1.72. The summed E-state index contributed by atoms with van der Waals surface area (Å²) in [4.78, 5) is 12.8. The molecule has 4 rings (SSSR count). The van der Waals surface area contributed by atoms with Crippen molar-refractivity contribution in [3.63, 3.8) is 0 Å². The molecule has 0 radical (unpaired) electrons. The van der Waals surface area contributed by atoms with Crippen LogP contribution in [0.5, 0.6) is 0 Å². The van der Waals surface area contributed by atoms with Crippen LogP contribution in [-0.4, -0.2) is 16.6 Å². The fourth-order valence-corrected chi connectivity index (χ4v) is 3.37. The number of rotatable bonds is 3. The zero-order valence-electron chi connectivity index (χ0n) is 12.3. The zero-order chi connectivity index (χ0) is 15.6. The minimum absolute atomic E-state index is 0.0818. The molecule has 1 aromatic carbocycles. The number of furan rings is 1. The van der Waals surface area contributed by atoms with Crippen LogP contribution in [0.2, 0.25) is 0 Å². The Morgan fingerprint density at radius 2 is 2.04 bits per heavy atom. The fourth-order valence-electron chi connectivity index (χ4n) is 2.74. The highest BCUT2D eigenvalue weighted by Gasteiger charge is 2.34. The van der Waals surface area contributed by atoms with Crippen molar-refractivity contribution in [3.8, 4) is 0 Å². The Hall–Kier alpha value is -2.66. The molecule has 3 heterocycles. The minimum Gasteiger partial charge on any atom is -0.463 e. The molecule has 1 amide bonds. The first-order valence-electron chi connectivity index (χ1n) is 7.35. The van der Waals surface area contributed by atoms with E-state index in [4.69, 9.17) is 4.42 Å². The Morgan fingerprint density at radius 3 is 2.74 bits per heavy atom. The maximum Gasteiger partial charge on any atom is 0.275 e. The third-order valence-corrected chi connectivity index (χ3v) is 4.56. The molecule has 114 valence electrons. The summed E-state index contributed by atoms with van der Waals surface area (Å²) in [5.74, 6) is 0.633. The van der Waals surface area contributed by atoms with Crippen LogP contribution in [0.25, 0.3) is 0 Å². The van der Waals surface area contributed by atoms with Crippen molar-refractivity contribution < 1.29 is 9.21 Å². The topological polar surface area (TPSA) is 45.8 Å². The van der Waals surface area contributed by atoms with E-state index in [0.717, 1.165) is 11.3 Å². The lowest BCUT2D eigenvalue weighted by atomic mass is 10.0. The first kappa shape index (κ1) is 14.0. The SMILES string of the molecule is O=C(c1ccsc1)N1N=C(c2ccco2)CC1c1ccccc1. The summed E-state index contributed by atoms with van der Waals surface area (Å²) in [5, 5.41) is 9.89. The molecule has 1 aliphatic rings. The van der Waals surface area contributed by atoms with Gasteiger partial charge in [-0.3, -0.25) is 4.79 Å². The second-order valence-corrected chi connectivity index (χ2v) is 6.10. The highest BCUT2D eigenvalue weighted by Crippen LogP contribution is 2.34. The maximum absolute atomic E-state index is 12.8. The second-order valence-electron chi connectivity index (χ2n) is 5.32. The molecule has 4 nitrogen and oxygen atoms in total. The van der Waals surface area contributed by atoms with Crippen molar-refractivity contribution in [1.29, 1.82) is 0 Å². The van der Waals surface area contributed by atoms with Gasteiger partial charge in [-0.25, -0.2) is 5.01 Å². The third-order valence-electron chi connectivity index (χ3n) is 3.88. The summed E-state index contributed by atoms with van der Waals surface area (Å²) in [6.45, 7) is 0. The third kappa shape index (κ3) is 2.59. The molecular weight excluding hydrogens is 308 g/mol. The zero-order valence-corrected chi connectivity index (χ0v) is 13.1. The van der Waals surface area contributed by atoms with Gasteiger partial charge in [0.25, 0.3) is 5.91 Å². The molecule has 0 N–H and O–H groups in total. The molecule has 0 aliphatic carbocycles. The molecule has 5 heteroatoms. The predicted molar refractivity (Wildman–Crippen MR) is 89.5 cm³/mol. The molecule has 0 saturated carbocycles. The molecule has 1 unspecified atom stereocenters. The summed E-state index contributed by atoms with van der Waals surface area (Å²) < 4.78 is 5.45. The molecular formula is C18H14N2O2S. The normalized spacial score (nSPS) is 17.3. The number of carbonyl (C=O) groups is 1. The number of nitrogens with zero attached hydrogens (tertiary/aromatic N) is 2. The van der Waals surface area contributed by atoms with E-state index in [9.17, 15) is 4.79 Å². The number of amides is 1. The second kappa shape index (κ2) is 5.85. The lowest BCUT2D eigenvalue weighted by Crippen LogP contribution is -2.26. The van der Waals surface area contributed by atoms with Crippen molar-refractivity contribution in [2.75, 3.05) is 0 Å². The summed E-state index contributed by atoms with van der Waals surface area (Å²) in [6, 6.07) is 15.4.